The lowest BCUT2D eigenvalue weighted by molar-refractivity contribution is 0.0940. The first-order valence-electron chi connectivity index (χ1n) is 10.0. The average molecular weight is 460 g/mol. The SMILES string of the molecule is CN(C)C(CNC(=O)c1sccc1S(=O)(=O)N1CCc2ccccc2C1)c1ccco1. The Morgan fingerprint density at radius 1 is 1.19 bits per heavy atom. The fourth-order valence-electron chi connectivity index (χ4n) is 3.77. The van der Waals surface area contributed by atoms with Crippen molar-refractivity contribution in [3.8, 4) is 0 Å². The number of furan rings is 1. The molecule has 1 aliphatic rings. The van der Waals surface area contributed by atoms with E-state index in [2.05, 4.69) is 5.32 Å². The Hall–Kier alpha value is -2.46. The zero-order valence-corrected chi connectivity index (χ0v) is 19.1. The first-order chi connectivity index (χ1) is 14.9. The molecule has 31 heavy (non-hydrogen) atoms. The molecule has 0 saturated carbocycles. The standard InChI is InChI=1S/C22H25N3O4S2/c1-24(2)18(19-8-5-12-29-19)14-23-22(26)21-20(10-13-30-21)31(27,28)25-11-9-16-6-3-4-7-17(16)15-25/h3-8,10,12-13,18H,9,11,14-15H2,1-2H3,(H,23,26). The van der Waals surface area contributed by atoms with Crippen LogP contribution in [0.4, 0.5) is 0 Å². The Labute approximate surface area is 186 Å². The number of carbonyl (C=O) groups excluding carboxylic acids is 1. The molecular formula is C22H25N3O4S2. The monoisotopic (exact) mass is 459 g/mol. The summed E-state index contributed by atoms with van der Waals surface area (Å²) < 4.78 is 33.6. The van der Waals surface area contributed by atoms with Crippen LogP contribution in [-0.2, 0) is 23.0 Å². The topological polar surface area (TPSA) is 82.9 Å². The van der Waals surface area contributed by atoms with E-state index in [1.54, 1.807) is 17.7 Å². The van der Waals surface area contributed by atoms with Crippen LogP contribution in [0, 0.1) is 0 Å². The highest BCUT2D eigenvalue weighted by molar-refractivity contribution is 7.89. The third-order valence-corrected chi connectivity index (χ3v) is 8.43. The maximum atomic E-state index is 13.3. The number of hydrogen-bond donors (Lipinski definition) is 1. The second kappa shape index (κ2) is 8.96. The van der Waals surface area contributed by atoms with Gasteiger partial charge in [-0.05, 0) is 55.2 Å². The van der Waals surface area contributed by atoms with E-state index in [1.165, 1.54) is 15.9 Å². The van der Waals surface area contributed by atoms with Gasteiger partial charge in [0.2, 0.25) is 10.0 Å². The minimum Gasteiger partial charge on any atom is -0.468 e. The minimum atomic E-state index is -3.78. The van der Waals surface area contributed by atoms with Gasteiger partial charge in [0.1, 0.15) is 15.5 Å². The first kappa shape index (κ1) is 21.8. The van der Waals surface area contributed by atoms with Crippen molar-refractivity contribution in [2.75, 3.05) is 27.2 Å². The fourth-order valence-corrected chi connectivity index (χ4v) is 6.50. The Morgan fingerprint density at radius 2 is 1.97 bits per heavy atom. The fraction of sp³-hybridized carbons (Fsp3) is 0.318. The van der Waals surface area contributed by atoms with E-state index in [-0.39, 0.29) is 15.8 Å². The number of carbonyl (C=O) groups is 1. The van der Waals surface area contributed by atoms with E-state index in [1.807, 2.05) is 49.3 Å². The number of rotatable bonds is 7. The second-order valence-electron chi connectivity index (χ2n) is 7.68. The van der Waals surface area contributed by atoms with Crippen LogP contribution in [0.2, 0.25) is 0 Å². The highest BCUT2D eigenvalue weighted by Crippen LogP contribution is 2.29. The molecule has 164 valence electrons. The number of benzene rings is 1. The molecule has 0 spiro atoms. The molecule has 7 nitrogen and oxygen atoms in total. The number of hydrogen-bond acceptors (Lipinski definition) is 6. The second-order valence-corrected chi connectivity index (χ2v) is 10.5. The zero-order chi connectivity index (χ0) is 22.0. The molecule has 4 rings (SSSR count). The van der Waals surface area contributed by atoms with Gasteiger partial charge in [-0.1, -0.05) is 24.3 Å². The van der Waals surface area contributed by atoms with Gasteiger partial charge in [0.05, 0.1) is 12.3 Å². The van der Waals surface area contributed by atoms with Crippen molar-refractivity contribution in [1.82, 2.24) is 14.5 Å². The maximum absolute atomic E-state index is 13.3. The number of amides is 1. The molecule has 3 heterocycles. The van der Waals surface area contributed by atoms with Crippen LogP contribution >= 0.6 is 11.3 Å². The zero-order valence-electron chi connectivity index (χ0n) is 17.4. The summed E-state index contributed by atoms with van der Waals surface area (Å²) in [6, 6.07) is 12.9. The summed E-state index contributed by atoms with van der Waals surface area (Å²) in [4.78, 5) is 15.1. The molecule has 0 bridgehead atoms. The Kier molecular flexibility index (Phi) is 6.29. The van der Waals surface area contributed by atoms with Crippen molar-refractivity contribution >= 4 is 27.3 Å². The summed E-state index contributed by atoms with van der Waals surface area (Å²) in [6.45, 7) is 1.02. The number of thiophene rings is 1. The largest absolute Gasteiger partial charge is 0.468 e. The lowest BCUT2D eigenvalue weighted by Crippen LogP contribution is -2.37. The van der Waals surface area contributed by atoms with E-state index in [0.717, 1.165) is 22.7 Å². The Morgan fingerprint density at radius 3 is 2.68 bits per heavy atom. The molecule has 9 heteroatoms. The number of nitrogens with zero attached hydrogens (tertiary/aromatic N) is 2. The molecule has 1 amide bonds. The molecule has 0 radical (unpaired) electrons. The molecule has 0 saturated heterocycles. The van der Waals surface area contributed by atoms with Crippen LogP contribution in [0.5, 0.6) is 0 Å². The predicted molar refractivity (Wildman–Crippen MR) is 120 cm³/mol. The van der Waals surface area contributed by atoms with Gasteiger partial charge in [-0.25, -0.2) is 8.42 Å². The van der Waals surface area contributed by atoms with E-state index in [4.69, 9.17) is 4.42 Å². The Balaban J connectivity index is 1.51. The first-order valence-corrected chi connectivity index (χ1v) is 12.3. The van der Waals surface area contributed by atoms with E-state index >= 15 is 0 Å². The highest BCUT2D eigenvalue weighted by atomic mass is 32.2. The van der Waals surface area contributed by atoms with Crippen molar-refractivity contribution in [1.29, 1.82) is 0 Å². The quantitative estimate of drug-likeness (QED) is 0.587. The molecule has 0 aliphatic carbocycles. The molecular weight excluding hydrogens is 434 g/mol. The van der Waals surface area contributed by atoms with Gasteiger partial charge in [-0.3, -0.25) is 9.69 Å². The van der Waals surface area contributed by atoms with E-state index < -0.39 is 15.9 Å². The molecule has 0 fully saturated rings. The van der Waals surface area contributed by atoms with Gasteiger partial charge in [0, 0.05) is 19.6 Å². The summed E-state index contributed by atoms with van der Waals surface area (Å²) in [5, 5.41) is 4.52. The predicted octanol–water partition coefficient (Wildman–Crippen LogP) is 3.12. The van der Waals surface area contributed by atoms with Crippen molar-refractivity contribution in [3.63, 3.8) is 0 Å². The summed E-state index contributed by atoms with van der Waals surface area (Å²) in [5.41, 5.74) is 2.18. The van der Waals surface area contributed by atoms with Gasteiger partial charge in [0.15, 0.2) is 0 Å². The number of likely N-dealkylation sites (N-methyl/N-ethyl adjacent to an activating group) is 1. The van der Waals surface area contributed by atoms with Crippen LogP contribution in [-0.4, -0.2) is 50.7 Å². The van der Waals surface area contributed by atoms with E-state index in [9.17, 15) is 13.2 Å². The number of fused-ring (bicyclic) bond motifs is 1. The molecule has 1 aliphatic heterocycles. The molecule has 1 N–H and O–H groups in total. The molecule has 1 aromatic carbocycles. The van der Waals surface area contributed by atoms with Gasteiger partial charge in [-0.2, -0.15) is 4.31 Å². The van der Waals surface area contributed by atoms with E-state index in [0.29, 0.717) is 26.1 Å². The summed E-state index contributed by atoms with van der Waals surface area (Å²) >= 11 is 1.14. The summed E-state index contributed by atoms with van der Waals surface area (Å²) in [7, 11) is 0.0136. The van der Waals surface area contributed by atoms with Crippen molar-refractivity contribution < 1.29 is 17.6 Å². The minimum absolute atomic E-state index is 0.0637. The third kappa shape index (κ3) is 4.45. The molecule has 3 aromatic rings. The van der Waals surface area contributed by atoms with Gasteiger partial charge < -0.3 is 9.73 Å². The van der Waals surface area contributed by atoms with Crippen LogP contribution in [0.1, 0.15) is 32.6 Å². The van der Waals surface area contributed by atoms with Crippen molar-refractivity contribution in [2.45, 2.75) is 23.9 Å². The smallest absolute Gasteiger partial charge is 0.262 e. The third-order valence-electron chi connectivity index (χ3n) is 5.50. The number of nitrogens with one attached hydrogen (secondary N) is 1. The van der Waals surface area contributed by atoms with Crippen LogP contribution in [0.15, 0.2) is 63.4 Å². The van der Waals surface area contributed by atoms with Gasteiger partial charge in [-0.15, -0.1) is 11.3 Å². The van der Waals surface area contributed by atoms with Crippen molar-refractivity contribution in [2.24, 2.45) is 0 Å². The lowest BCUT2D eigenvalue weighted by Gasteiger charge is -2.28. The average Bonchev–Trinajstić information content (AvgIpc) is 3.46. The molecule has 1 atom stereocenters. The molecule has 2 aromatic heterocycles. The van der Waals surface area contributed by atoms with Gasteiger partial charge in [0.25, 0.3) is 5.91 Å². The van der Waals surface area contributed by atoms with Crippen LogP contribution in [0.25, 0.3) is 0 Å². The highest BCUT2D eigenvalue weighted by Gasteiger charge is 2.32. The van der Waals surface area contributed by atoms with Crippen LogP contribution < -0.4 is 5.32 Å². The lowest BCUT2D eigenvalue weighted by atomic mass is 10.0. The summed E-state index contributed by atoms with van der Waals surface area (Å²) in [5.74, 6) is 0.334. The number of sulfonamides is 1. The normalized spacial score (nSPS) is 15.6. The maximum Gasteiger partial charge on any atom is 0.262 e. The molecule has 1 unspecified atom stereocenters. The summed E-state index contributed by atoms with van der Waals surface area (Å²) in [6.07, 6.45) is 2.25. The van der Waals surface area contributed by atoms with Gasteiger partial charge >= 0.3 is 0 Å². The van der Waals surface area contributed by atoms with Crippen LogP contribution in [0.3, 0.4) is 0 Å². The van der Waals surface area contributed by atoms with Crippen molar-refractivity contribution in [3.05, 3.63) is 75.9 Å². The Bertz CT molecular complexity index is 1150.